The van der Waals surface area contributed by atoms with E-state index >= 15 is 0 Å². The Morgan fingerprint density at radius 3 is 2.40 bits per heavy atom. The van der Waals surface area contributed by atoms with Gasteiger partial charge in [0.15, 0.2) is 0 Å². The second-order valence-corrected chi connectivity index (χ2v) is 1.48. The van der Waals surface area contributed by atoms with Crippen molar-refractivity contribution in [2.24, 2.45) is 10.7 Å². The van der Waals surface area contributed by atoms with Crippen LogP contribution in [0.4, 0.5) is 0 Å². The normalized spacial score (nSPS) is 10.6. The van der Waals surface area contributed by atoms with E-state index in [1.54, 1.807) is 0 Å². The van der Waals surface area contributed by atoms with E-state index in [2.05, 4.69) is 18.3 Å². The van der Waals surface area contributed by atoms with Crippen LogP contribution in [0.5, 0.6) is 0 Å². The van der Waals surface area contributed by atoms with Gasteiger partial charge < -0.3 is 5.73 Å². The minimum Gasteiger partial charge on any atom is -0.394 e. The largest absolute Gasteiger partial charge is 0.394 e. The Labute approximate surface area is 57.7 Å². The van der Waals surface area contributed by atoms with E-state index in [9.17, 15) is 10.1 Å². The number of aliphatic imine (C=N–C) groups is 1. The van der Waals surface area contributed by atoms with Gasteiger partial charge >= 0.3 is 5.70 Å². The van der Waals surface area contributed by atoms with Gasteiger partial charge in [-0.1, -0.05) is 6.58 Å². The van der Waals surface area contributed by atoms with Gasteiger partial charge in [-0.2, -0.15) is 0 Å². The molecule has 0 amide bonds. The lowest BCUT2D eigenvalue weighted by Crippen LogP contribution is -2.07. The van der Waals surface area contributed by atoms with E-state index in [1.165, 1.54) is 0 Å². The first-order valence-electron chi connectivity index (χ1n) is 2.34. The zero-order valence-electron chi connectivity index (χ0n) is 5.28. The highest BCUT2D eigenvalue weighted by Crippen LogP contribution is 2.01. The number of nitrogens with two attached hydrogens (primary N) is 1. The Bertz CT molecular complexity index is 191. The summed E-state index contributed by atoms with van der Waals surface area (Å²) >= 11 is 0. The van der Waals surface area contributed by atoms with Gasteiger partial charge in [0.1, 0.15) is 11.9 Å². The molecular formula is C5H7N3O2. The van der Waals surface area contributed by atoms with Crippen LogP contribution in [-0.4, -0.2) is 11.6 Å². The van der Waals surface area contributed by atoms with Gasteiger partial charge in [-0.25, -0.2) is 0 Å². The van der Waals surface area contributed by atoms with Crippen LogP contribution in [0.15, 0.2) is 29.2 Å². The van der Waals surface area contributed by atoms with Gasteiger partial charge in [0.05, 0.1) is 4.92 Å². The highest BCUT2D eigenvalue weighted by molar-refractivity contribution is 5.28. The lowest BCUT2D eigenvalue weighted by Gasteiger charge is -1.92. The highest BCUT2D eigenvalue weighted by atomic mass is 16.6. The van der Waals surface area contributed by atoms with Crippen molar-refractivity contribution in [2.75, 3.05) is 0 Å². The van der Waals surface area contributed by atoms with Crippen molar-refractivity contribution in [1.29, 1.82) is 0 Å². The third kappa shape index (κ3) is 2.08. The molecule has 0 aliphatic heterocycles. The monoisotopic (exact) mass is 141 g/mol. The van der Waals surface area contributed by atoms with Gasteiger partial charge in [0.2, 0.25) is 0 Å². The Balaban J connectivity index is 4.58. The molecule has 0 rings (SSSR count). The quantitative estimate of drug-likeness (QED) is 0.265. The molecule has 0 aliphatic rings. The molecule has 0 unspecified atom stereocenters. The van der Waals surface area contributed by atoms with Crippen LogP contribution in [0.25, 0.3) is 0 Å². The van der Waals surface area contributed by atoms with E-state index in [1.807, 2.05) is 0 Å². The van der Waals surface area contributed by atoms with E-state index in [0.29, 0.717) is 0 Å². The summed E-state index contributed by atoms with van der Waals surface area (Å²) in [4.78, 5) is 12.6. The maximum atomic E-state index is 10.0. The van der Waals surface area contributed by atoms with Crippen molar-refractivity contribution in [3.8, 4) is 0 Å². The predicted molar refractivity (Wildman–Crippen MR) is 38.0 cm³/mol. The molecular weight excluding hydrogens is 134 g/mol. The molecule has 0 radical (unpaired) electrons. The molecule has 0 heterocycles. The fourth-order valence-electron chi connectivity index (χ4n) is 0.334. The first-order valence-corrected chi connectivity index (χ1v) is 2.34. The average molecular weight is 141 g/mol. The maximum Gasteiger partial charge on any atom is 0.309 e. The molecule has 0 saturated heterocycles. The van der Waals surface area contributed by atoms with E-state index in [4.69, 9.17) is 5.73 Å². The van der Waals surface area contributed by atoms with Crippen molar-refractivity contribution in [2.45, 2.75) is 0 Å². The average Bonchev–Trinajstić information content (AvgIpc) is 1.81. The Hall–Kier alpha value is -1.65. The van der Waals surface area contributed by atoms with Gasteiger partial charge in [-0.15, -0.1) is 0 Å². The van der Waals surface area contributed by atoms with Crippen LogP contribution < -0.4 is 5.73 Å². The SMILES string of the molecule is C=N/C=C(\C(=C)N)[N+](=O)[O-]. The minimum absolute atomic E-state index is 0.127. The van der Waals surface area contributed by atoms with Gasteiger partial charge in [0, 0.05) is 0 Å². The van der Waals surface area contributed by atoms with E-state index in [-0.39, 0.29) is 11.4 Å². The molecule has 0 bridgehead atoms. The van der Waals surface area contributed by atoms with Crippen LogP contribution >= 0.6 is 0 Å². The molecule has 10 heavy (non-hydrogen) atoms. The number of hydrogen-bond acceptors (Lipinski definition) is 4. The molecule has 0 saturated carbocycles. The summed E-state index contributed by atoms with van der Waals surface area (Å²) in [5.74, 6) is 0. The summed E-state index contributed by atoms with van der Waals surface area (Å²) in [7, 11) is 0. The molecule has 0 aromatic carbocycles. The summed E-state index contributed by atoms with van der Waals surface area (Å²) in [6.45, 7) is 6.21. The van der Waals surface area contributed by atoms with Crippen molar-refractivity contribution < 1.29 is 4.92 Å². The van der Waals surface area contributed by atoms with E-state index in [0.717, 1.165) is 6.20 Å². The van der Waals surface area contributed by atoms with Crippen molar-refractivity contribution in [3.05, 3.63) is 34.3 Å². The first kappa shape index (κ1) is 8.35. The Kier molecular flexibility index (Phi) is 2.83. The van der Waals surface area contributed by atoms with Gasteiger partial charge in [0.25, 0.3) is 0 Å². The molecule has 0 atom stereocenters. The first-order chi connectivity index (χ1) is 4.59. The van der Waals surface area contributed by atoms with Crippen molar-refractivity contribution in [1.82, 2.24) is 0 Å². The topological polar surface area (TPSA) is 81.5 Å². The molecule has 0 spiro atoms. The number of rotatable bonds is 3. The molecule has 0 aromatic rings. The smallest absolute Gasteiger partial charge is 0.309 e. The third-order valence-corrected chi connectivity index (χ3v) is 0.739. The van der Waals surface area contributed by atoms with E-state index < -0.39 is 4.92 Å². The summed E-state index contributed by atoms with van der Waals surface area (Å²) in [5.41, 5.74) is 4.58. The fraction of sp³-hybridized carbons (Fsp3) is 0. The second-order valence-electron chi connectivity index (χ2n) is 1.48. The van der Waals surface area contributed by atoms with Gasteiger partial charge in [-0.3, -0.25) is 15.1 Å². The van der Waals surface area contributed by atoms with Crippen LogP contribution in [-0.2, 0) is 0 Å². The molecule has 2 N–H and O–H groups in total. The molecule has 0 aromatic heterocycles. The molecule has 54 valence electrons. The number of hydrogen-bond donors (Lipinski definition) is 1. The predicted octanol–water partition coefficient (Wildman–Crippen LogP) is 0.277. The van der Waals surface area contributed by atoms with Crippen LogP contribution in [0.3, 0.4) is 0 Å². The summed E-state index contributed by atoms with van der Waals surface area (Å²) in [6.07, 6.45) is 0.947. The fourth-order valence-corrected chi connectivity index (χ4v) is 0.334. The highest BCUT2D eigenvalue weighted by Gasteiger charge is 2.10. The Morgan fingerprint density at radius 1 is 1.80 bits per heavy atom. The Morgan fingerprint density at radius 2 is 2.30 bits per heavy atom. The van der Waals surface area contributed by atoms with Crippen LogP contribution in [0.1, 0.15) is 0 Å². The minimum atomic E-state index is -0.670. The number of nitro groups is 1. The van der Waals surface area contributed by atoms with Crippen molar-refractivity contribution in [3.63, 3.8) is 0 Å². The zero-order chi connectivity index (χ0) is 8.15. The van der Waals surface area contributed by atoms with Crippen LogP contribution in [0, 0.1) is 10.1 Å². The second kappa shape index (κ2) is 3.39. The molecule has 5 nitrogen and oxygen atoms in total. The van der Waals surface area contributed by atoms with Crippen LogP contribution in [0.2, 0.25) is 0 Å². The van der Waals surface area contributed by atoms with Crippen molar-refractivity contribution >= 4 is 6.72 Å². The standard InChI is InChI=1S/C5H7N3O2/c1-4(6)5(3-7-2)8(9)10/h3H,1-2,6H2/b5-3+. The molecule has 5 heteroatoms. The maximum absolute atomic E-state index is 10.0. The summed E-state index contributed by atoms with van der Waals surface area (Å²) < 4.78 is 0. The number of nitrogens with zero attached hydrogens (tertiary/aromatic N) is 2. The zero-order valence-corrected chi connectivity index (χ0v) is 5.28. The van der Waals surface area contributed by atoms with Gasteiger partial charge in [-0.05, 0) is 6.72 Å². The third-order valence-electron chi connectivity index (χ3n) is 0.739. The summed E-state index contributed by atoms with van der Waals surface area (Å²) in [5, 5.41) is 10.0. The summed E-state index contributed by atoms with van der Waals surface area (Å²) in [6, 6.07) is 0. The molecule has 0 aliphatic carbocycles. The lowest BCUT2D eigenvalue weighted by molar-refractivity contribution is -0.421. The molecule has 0 fully saturated rings. The lowest BCUT2D eigenvalue weighted by atomic mass is 10.4.